The van der Waals surface area contributed by atoms with Crippen molar-refractivity contribution in [3.63, 3.8) is 0 Å². The van der Waals surface area contributed by atoms with E-state index in [1.807, 2.05) is 0 Å². The molecule has 0 aromatic rings. The number of thiol groups is 1. The molecule has 0 rings (SSSR count). The predicted octanol–water partition coefficient (Wildman–Crippen LogP) is -1.54. The van der Waals surface area contributed by atoms with E-state index >= 15 is 0 Å². The first-order chi connectivity index (χ1) is 9.26. The van der Waals surface area contributed by atoms with Crippen LogP contribution >= 0.6 is 34.2 Å². The Balaban J connectivity index is 0. The van der Waals surface area contributed by atoms with Crippen LogP contribution in [0.2, 0.25) is 0 Å². The summed E-state index contributed by atoms with van der Waals surface area (Å²) in [6.45, 7) is -0.191. The van der Waals surface area contributed by atoms with E-state index in [2.05, 4.69) is 12.6 Å². The maximum Gasteiger partial charge on any atom is 0.321 e. The van der Waals surface area contributed by atoms with Crippen molar-refractivity contribution in [3.8, 4) is 0 Å². The molecule has 8 N–H and O–H groups in total. The normalized spacial score (nSPS) is 14.7. The highest BCUT2D eigenvalue weighted by molar-refractivity contribution is 8.76. The van der Waals surface area contributed by atoms with Gasteiger partial charge < -0.3 is 31.9 Å². The Kier molecular flexibility index (Phi) is 15.3. The van der Waals surface area contributed by atoms with Crippen LogP contribution in [0.15, 0.2) is 0 Å². The minimum Gasteiger partial charge on any atom is -0.480 e. The second-order valence-electron chi connectivity index (χ2n) is 3.48. The molecule has 0 aliphatic carbocycles. The molecule has 0 aromatic heterocycles. The molecule has 0 aliphatic heterocycles. The second-order valence-corrected chi connectivity index (χ2v) is 6.39. The van der Waals surface area contributed by atoms with Crippen molar-refractivity contribution in [3.05, 3.63) is 0 Å². The molecule has 0 fully saturated rings. The number of rotatable bonds is 9. The molecule has 1 unspecified atom stereocenters. The van der Waals surface area contributed by atoms with Crippen molar-refractivity contribution in [1.29, 1.82) is 0 Å². The average Bonchev–Trinajstić information content (AvgIpc) is 2.42. The first-order valence-corrected chi connectivity index (χ1v) is 8.49. The summed E-state index contributed by atoms with van der Waals surface area (Å²) in [4.78, 5) is 20.5. The summed E-state index contributed by atoms with van der Waals surface area (Å²) in [6, 6.07) is -1.85. The van der Waals surface area contributed by atoms with Gasteiger partial charge in [0.1, 0.15) is 12.1 Å². The largest absolute Gasteiger partial charge is 0.480 e. The summed E-state index contributed by atoms with van der Waals surface area (Å²) in [5, 5.41) is 33.2. The fraction of sp³-hybridized carbons (Fsp3) is 0.778. The van der Waals surface area contributed by atoms with Gasteiger partial charge in [-0.2, -0.15) is 12.6 Å². The summed E-state index contributed by atoms with van der Waals surface area (Å²) in [7, 11) is 2.41. The van der Waals surface area contributed by atoms with Gasteiger partial charge in [-0.1, -0.05) is 21.6 Å². The highest BCUT2D eigenvalue weighted by atomic mass is 33.1. The van der Waals surface area contributed by atoms with Gasteiger partial charge in [0.2, 0.25) is 0 Å². The van der Waals surface area contributed by atoms with Crippen molar-refractivity contribution in [2.45, 2.75) is 18.2 Å². The van der Waals surface area contributed by atoms with E-state index in [1.54, 1.807) is 0 Å². The third kappa shape index (κ3) is 14.2. The van der Waals surface area contributed by atoms with Crippen LogP contribution in [0.25, 0.3) is 0 Å². The number of hydrogen-bond donors (Lipinski definition) is 7. The minimum atomic E-state index is -1.07. The number of carbonyl (C=O) groups is 2. The Labute approximate surface area is 130 Å². The maximum atomic E-state index is 10.3. The van der Waals surface area contributed by atoms with Gasteiger partial charge in [0.15, 0.2) is 0 Å². The summed E-state index contributed by atoms with van der Waals surface area (Å²) in [6.07, 6.45) is -0.645. The molecule has 3 atom stereocenters. The molecular weight excluding hydrogens is 328 g/mol. The van der Waals surface area contributed by atoms with Crippen LogP contribution in [0, 0.1) is 0 Å². The predicted molar refractivity (Wildman–Crippen MR) is 83.1 cm³/mol. The molecule has 0 aliphatic rings. The number of aliphatic hydroxyl groups excluding tert-OH is 2. The Morgan fingerprint density at radius 1 is 1.05 bits per heavy atom. The van der Waals surface area contributed by atoms with E-state index in [0.29, 0.717) is 5.75 Å². The lowest BCUT2D eigenvalue weighted by Gasteiger charge is -2.07. The summed E-state index contributed by atoms with van der Waals surface area (Å²) in [5.41, 5.74) is 10.4. The van der Waals surface area contributed by atoms with Crippen molar-refractivity contribution in [2.24, 2.45) is 11.5 Å². The van der Waals surface area contributed by atoms with E-state index in [1.165, 1.54) is 21.6 Å². The molecule has 120 valence electrons. The molecule has 0 spiro atoms. The van der Waals surface area contributed by atoms with Gasteiger partial charge in [-0.25, -0.2) is 0 Å². The van der Waals surface area contributed by atoms with Gasteiger partial charge in [0.05, 0.1) is 12.7 Å². The van der Waals surface area contributed by atoms with Crippen LogP contribution in [0.3, 0.4) is 0 Å². The maximum absolute atomic E-state index is 10.3. The molecule has 0 heterocycles. The Morgan fingerprint density at radius 2 is 1.40 bits per heavy atom. The van der Waals surface area contributed by atoms with Gasteiger partial charge >= 0.3 is 11.9 Å². The van der Waals surface area contributed by atoms with Crippen LogP contribution in [-0.2, 0) is 9.59 Å². The fourth-order valence-corrected chi connectivity index (χ4v) is 2.79. The Morgan fingerprint density at radius 3 is 1.55 bits per heavy atom. The first kappa shape index (κ1) is 22.1. The van der Waals surface area contributed by atoms with Gasteiger partial charge in [-0.3, -0.25) is 9.59 Å². The van der Waals surface area contributed by atoms with Crippen LogP contribution in [0.5, 0.6) is 0 Å². The first-order valence-electron chi connectivity index (χ1n) is 5.37. The minimum absolute atomic E-state index is 0.191. The van der Waals surface area contributed by atoms with Crippen molar-refractivity contribution >= 4 is 46.2 Å². The summed E-state index contributed by atoms with van der Waals surface area (Å²) < 4.78 is 0. The smallest absolute Gasteiger partial charge is 0.321 e. The second kappa shape index (κ2) is 13.8. The van der Waals surface area contributed by atoms with Crippen molar-refractivity contribution < 1.29 is 30.0 Å². The molecule has 0 bridgehead atoms. The van der Waals surface area contributed by atoms with E-state index in [0.717, 1.165) is 0 Å². The Hall–Kier alpha value is -0.170. The van der Waals surface area contributed by atoms with Gasteiger partial charge in [-0.15, -0.1) is 0 Å². The van der Waals surface area contributed by atoms with Gasteiger partial charge in [-0.05, 0) is 0 Å². The molecule has 0 aromatic carbocycles. The lowest BCUT2D eigenvalue weighted by atomic mass is 10.4. The zero-order chi connectivity index (χ0) is 16.1. The number of carboxylic acids is 2. The molecule has 0 saturated carbocycles. The highest BCUT2D eigenvalue weighted by Gasteiger charge is 2.14. The zero-order valence-electron chi connectivity index (χ0n) is 10.6. The average molecular weight is 348 g/mol. The third-order valence-corrected chi connectivity index (χ3v) is 4.53. The lowest BCUT2D eigenvalue weighted by Crippen LogP contribution is -2.33. The standard InChI is InChI=1S/C6H12N2O4S2.C3H8O2S/c7-3(5(9)10)1-13-14-2-4(8)6(11)12;4-1-3(5)2-6/h3-4H,1-2,7-8H2,(H,9,10)(H,11,12);3-6H,1-2H2/t3-,4-;/m0./s1. The summed E-state index contributed by atoms with van der Waals surface area (Å²) >= 11 is 3.69. The molecule has 20 heavy (non-hydrogen) atoms. The molecule has 0 amide bonds. The summed E-state index contributed by atoms with van der Waals surface area (Å²) in [5.74, 6) is -1.35. The van der Waals surface area contributed by atoms with Crippen LogP contribution in [-0.4, -0.2) is 74.4 Å². The SMILES string of the molecule is N[C@@H](CSSC[C@H](N)C(=O)O)C(=O)O.OCC(O)CS. The van der Waals surface area contributed by atoms with Gasteiger partial charge in [0.25, 0.3) is 0 Å². The number of aliphatic hydroxyl groups is 2. The number of carboxylic acid groups (broad SMARTS) is 2. The molecule has 11 heteroatoms. The number of aliphatic carboxylic acids is 2. The van der Waals surface area contributed by atoms with Gasteiger partial charge in [0, 0.05) is 17.3 Å². The number of hydrogen-bond acceptors (Lipinski definition) is 9. The van der Waals surface area contributed by atoms with Crippen LogP contribution < -0.4 is 11.5 Å². The molecule has 0 saturated heterocycles. The quantitative estimate of drug-likeness (QED) is 0.147. The Bertz CT molecular complexity index is 258. The van der Waals surface area contributed by atoms with Crippen LogP contribution in [0.4, 0.5) is 0 Å². The highest BCUT2D eigenvalue weighted by Crippen LogP contribution is 2.22. The van der Waals surface area contributed by atoms with E-state index in [-0.39, 0.29) is 18.1 Å². The number of nitrogens with two attached hydrogens (primary N) is 2. The van der Waals surface area contributed by atoms with E-state index in [4.69, 9.17) is 31.9 Å². The van der Waals surface area contributed by atoms with Crippen molar-refractivity contribution in [2.75, 3.05) is 23.9 Å². The monoisotopic (exact) mass is 348 g/mol. The molecule has 0 radical (unpaired) electrons. The zero-order valence-corrected chi connectivity index (χ0v) is 13.1. The van der Waals surface area contributed by atoms with Crippen molar-refractivity contribution in [1.82, 2.24) is 0 Å². The molecule has 8 nitrogen and oxygen atoms in total. The fourth-order valence-electron chi connectivity index (χ4n) is 0.443. The topological polar surface area (TPSA) is 167 Å². The third-order valence-electron chi connectivity index (χ3n) is 1.63. The van der Waals surface area contributed by atoms with Crippen LogP contribution in [0.1, 0.15) is 0 Å². The molecular formula is C9H20N2O6S3. The van der Waals surface area contributed by atoms with E-state index in [9.17, 15) is 9.59 Å². The van der Waals surface area contributed by atoms with E-state index < -0.39 is 30.1 Å². The lowest BCUT2D eigenvalue weighted by molar-refractivity contribution is -0.138.